The lowest BCUT2D eigenvalue weighted by Crippen LogP contribution is -2.36. The Hall–Kier alpha value is -0.480. The van der Waals surface area contributed by atoms with E-state index < -0.39 is 0 Å². The number of carbonyl (C=O) groups excluding carboxylic acids is 1. The Kier molecular flexibility index (Phi) is 7.10. The van der Waals surface area contributed by atoms with Gasteiger partial charge >= 0.3 is 5.30 Å². The molecule has 1 N–H and O–H groups in total. The third kappa shape index (κ3) is 7.95. The normalized spacial score (nSPS) is 25.9. The van der Waals surface area contributed by atoms with E-state index in [1.54, 1.807) is 0 Å². The van der Waals surface area contributed by atoms with Gasteiger partial charge < -0.3 is 10.1 Å². The van der Waals surface area contributed by atoms with Crippen molar-refractivity contribution in [3.63, 3.8) is 0 Å². The summed E-state index contributed by atoms with van der Waals surface area (Å²) in [6, 6.07) is 1.03. The van der Waals surface area contributed by atoms with E-state index >= 15 is 0 Å². The molecule has 20 heavy (non-hydrogen) atoms. The Balaban J connectivity index is 2.46. The summed E-state index contributed by atoms with van der Waals surface area (Å²) < 4.78 is 5.47. The van der Waals surface area contributed by atoms with Crippen LogP contribution in [0.15, 0.2) is 12.2 Å². The van der Waals surface area contributed by atoms with Crippen LogP contribution in [-0.2, 0) is 4.74 Å². The van der Waals surface area contributed by atoms with Crippen LogP contribution in [-0.4, -0.2) is 28.2 Å². The smallest absolute Gasteiger partial charge is 0.368 e. The molecule has 116 valence electrons. The van der Waals surface area contributed by atoms with Gasteiger partial charge in [0.1, 0.15) is 6.10 Å². The molecule has 1 aliphatic rings. The first-order valence-corrected chi connectivity index (χ1v) is 8.40. The third-order valence-corrected chi connectivity index (χ3v) is 3.91. The van der Waals surface area contributed by atoms with Crippen molar-refractivity contribution >= 4 is 17.1 Å². The van der Waals surface area contributed by atoms with Crippen molar-refractivity contribution in [3.8, 4) is 0 Å². The molecule has 3 nitrogen and oxygen atoms in total. The SMILES string of the molecule is CC(C)NC1CC/C=C/C(OC(=O)SC(C)(C)C)CC1. The molecule has 0 aromatic rings. The van der Waals surface area contributed by atoms with Crippen LogP contribution in [0.2, 0.25) is 0 Å². The van der Waals surface area contributed by atoms with E-state index in [-0.39, 0.29) is 16.2 Å². The maximum atomic E-state index is 11.9. The predicted molar refractivity (Wildman–Crippen MR) is 87.3 cm³/mol. The van der Waals surface area contributed by atoms with Crippen molar-refractivity contribution in [1.29, 1.82) is 0 Å². The van der Waals surface area contributed by atoms with Crippen molar-refractivity contribution in [2.75, 3.05) is 0 Å². The first-order chi connectivity index (χ1) is 9.26. The molecule has 0 spiro atoms. The van der Waals surface area contributed by atoms with Crippen LogP contribution in [0.25, 0.3) is 0 Å². The number of carbonyl (C=O) groups is 1. The van der Waals surface area contributed by atoms with Crippen molar-refractivity contribution in [2.45, 2.75) is 83.2 Å². The highest BCUT2D eigenvalue weighted by Crippen LogP contribution is 2.27. The molecule has 0 amide bonds. The van der Waals surface area contributed by atoms with Crippen molar-refractivity contribution < 1.29 is 9.53 Å². The molecule has 4 heteroatoms. The molecule has 0 aromatic heterocycles. The number of thioether (sulfide) groups is 1. The molecule has 0 heterocycles. The van der Waals surface area contributed by atoms with Crippen molar-refractivity contribution in [2.24, 2.45) is 0 Å². The van der Waals surface area contributed by atoms with Crippen LogP contribution in [0.1, 0.15) is 60.3 Å². The third-order valence-electron chi connectivity index (χ3n) is 3.04. The first-order valence-electron chi connectivity index (χ1n) is 7.58. The molecular weight excluding hydrogens is 270 g/mol. The molecule has 2 atom stereocenters. The predicted octanol–water partition coefficient (Wildman–Crippen LogP) is 4.52. The van der Waals surface area contributed by atoms with Crippen LogP contribution in [0.5, 0.6) is 0 Å². The molecule has 0 aliphatic heterocycles. The number of ether oxygens (including phenoxy) is 1. The maximum Gasteiger partial charge on any atom is 0.368 e. The number of nitrogens with one attached hydrogen (secondary N) is 1. The molecule has 0 fully saturated rings. The highest BCUT2D eigenvalue weighted by molar-refractivity contribution is 8.14. The van der Waals surface area contributed by atoms with Gasteiger partial charge in [-0.05, 0) is 43.5 Å². The van der Waals surface area contributed by atoms with E-state index in [9.17, 15) is 4.79 Å². The molecule has 0 saturated carbocycles. The fourth-order valence-electron chi connectivity index (χ4n) is 2.29. The fourth-order valence-corrected chi connectivity index (χ4v) is 2.96. The molecule has 0 bridgehead atoms. The van der Waals surface area contributed by atoms with Crippen molar-refractivity contribution in [1.82, 2.24) is 5.32 Å². The second-order valence-electron chi connectivity index (χ2n) is 6.72. The highest BCUT2D eigenvalue weighted by Gasteiger charge is 2.22. The lowest BCUT2D eigenvalue weighted by Gasteiger charge is -2.25. The molecule has 1 rings (SSSR count). The van der Waals surface area contributed by atoms with Crippen LogP contribution >= 0.6 is 11.8 Å². The summed E-state index contributed by atoms with van der Waals surface area (Å²) in [6.45, 7) is 10.4. The second-order valence-corrected chi connectivity index (χ2v) is 8.48. The van der Waals surface area contributed by atoms with E-state index in [0.717, 1.165) is 25.7 Å². The minimum atomic E-state index is -0.166. The van der Waals surface area contributed by atoms with Gasteiger partial charge in [-0.15, -0.1) is 0 Å². The van der Waals surface area contributed by atoms with E-state index in [0.29, 0.717) is 12.1 Å². The number of hydrogen-bond acceptors (Lipinski definition) is 4. The molecule has 0 saturated heterocycles. The van der Waals surface area contributed by atoms with Crippen LogP contribution in [0.3, 0.4) is 0 Å². The average molecular weight is 299 g/mol. The van der Waals surface area contributed by atoms with Gasteiger partial charge in [-0.3, -0.25) is 0 Å². The zero-order chi connectivity index (χ0) is 15.2. The Morgan fingerprint density at radius 3 is 2.60 bits per heavy atom. The zero-order valence-electron chi connectivity index (χ0n) is 13.4. The number of rotatable bonds is 3. The summed E-state index contributed by atoms with van der Waals surface area (Å²) in [5.41, 5.74) is 0. The van der Waals surface area contributed by atoms with Gasteiger partial charge in [0.2, 0.25) is 0 Å². The van der Waals surface area contributed by atoms with E-state index in [4.69, 9.17) is 4.74 Å². The number of allylic oxidation sites excluding steroid dienone is 1. The fraction of sp³-hybridized carbons (Fsp3) is 0.812. The van der Waals surface area contributed by atoms with Gasteiger partial charge in [0, 0.05) is 16.8 Å². The van der Waals surface area contributed by atoms with Gasteiger partial charge in [0.15, 0.2) is 0 Å². The van der Waals surface area contributed by atoms with Gasteiger partial charge in [0.25, 0.3) is 0 Å². The standard InChI is InChI=1S/C16H29NO2S/c1-12(2)17-13-8-6-7-9-14(11-10-13)19-15(18)20-16(3,4)5/h7,9,12-14,17H,6,8,10-11H2,1-5H3/b9-7+. The summed E-state index contributed by atoms with van der Waals surface area (Å²) in [5.74, 6) is 0. The van der Waals surface area contributed by atoms with Gasteiger partial charge in [-0.2, -0.15) is 0 Å². The van der Waals surface area contributed by atoms with Crippen LogP contribution in [0, 0.1) is 0 Å². The average Bonchev–Trinajstić information content (AvgIpc) is 2.23. The summed E-state index contributed by atoms with van der Waals surface area (Å²) >= 11 is 1.26. The van der Waals surface area contributed by atoms with Gasteiger partial charge in [0.05, 0.1) is 0 Å². The van der Waals surface area contributed by atoms with E-state index in [1.807, 2.05) is 26.8 Å². The van der Waals surface area contributed by atoms with Crippen molar-refractivity contribution in [3.05, 3.63) is 12.2 Å². The van der Waals surface area contributed by atoms with E-state index in [1.165, 1.54) is 11.8 Å². The molecule has 0 radical (unpaired) electrons. The number of hydrogen-bond donors (Lipinski definition) is 1. The van der Waals surface area contributed by atoms with Crippen LogP contribution in [0.4, 0.5) is 4.79 Å². The topological polar surface area (TPSA) is 38.3 Å². The van der Waals surface area contributed by atoms with E-state index in [2.05, 4.69) is 25.2 Å². The zero-order valence-corrected chi connectivity index (χ0v) is 14.3. The lowest BCUT2D eigenvalue weighted by atomic mass is 9.99. The molecule has 2 unspecified atom stereocenters. The highest BCUT2D eigenvalue weighted by atomic mass is 32.2. The van der Waals surface area contributed by atoms with Gasteiger partial charge in [-0.1, -0.05) is 40.7 Å². The Bertz CT molecular complexity index is 334. The Morgan fingerprint density at radius 2 is 2.00 bits per heavy atom. The summed E-state index contributed by atoms with van der Waals surface area (Å²) in [4.78, 5) is 11.9. The maximum absolute atomic E-state index is 11.9. The quantitative estimate of drug-likeness (QED) is 0.614. The minimum absolute atomic E-state index is 0.0749. The molecule has 0 aromatic carbocycles. The van der Waals surface area contributed by atoms with Crippen LogP contribution < -0.4 is 5.32 Å². The summed E-state index contributed by atoms with van der Waals surface area (Å²) in [7, 11) is 0. The Labute approximate surface area is 127 Å². The summed E-state index contributed by atoms with van der Waals surface area (Å²) in [5, 5.41) is 3.42. The molecular formula is C16H29NO2S. The lowest BCUT2D eigenvalue weighted by molar-refractivity contribution is 0.136. The second kappa shape index (κ2) is 8.08. The first kappa shape index (κ1) is 17.6. The summed E-state index contributed by atoms with van der Waals surface area (Å²) in [6.07, 6.45) is 8.28. The Morgan fingerprint density at radius 1 is 1.30 bits per heavy atom. The minimum Gasteiger partial charge on any atom is -0.450 e. The largest absolute Gasteiger partial charge is 0.450 e. The van der Waals surface area contributed by atoms with Gasteiger partial charge in [-0.25, -0.2) is 4.79 Å². The monoisotopic (exact) mass is 299 g/mol. The molecule has 1 aliphatic carbocycles.